The Labute approximate surface area is 123 Å². The molecule has 0 spiro atoms. The summed E-state index contributed by atoms with van der Waals surface area (Å²) in [7, 11) is 0. The molecule has 0 amide bonds. The molecule has 1 aromatic carbocycles. The first-order valence-corrected chi connectivity index (χ1v) is 8.28. The molecule has 2 rings (SSSR count). The lowest BCUT2D eigenvalue weighted by Crippen LogP contribution is -2.37. The highest BCUT2D eigenvalue weighted by atomic mass is 32.2. The predicted octanol–water partition coefficient (Wildman–Crippen LogP) is 2.44. The maximum Gasteiger partial charge on any atom is 0.123 e. The van der Waals surface area contributed by atoms with Gasteiger partial charge in [0.25, 0.3) is 0 Å². The molecule has 0 saturated heterocycles. The van der Waals surface area contributed by atoms with Gasteiger partial charge in [-0.1, -0.05) is 0 Å². The second-order valence-electron chi connectivity index (χ2n) is 5.19. The van der Waals surface area contributed by atoms with Gasteiger partial charge in [-0.25, -0.2) is 4.39 Å². The van der Waals surface area contributed by atoms with Crippen LogP contribution in [0.4, 0.5) is 4.39 Å². The van der Waals surface area contributed by atoms with Crippen molar-refractivity contribution >= 4 is 11.8 Å². The summed E-state index contributed by atoms with van der Waals surface area (Å²) >= 11 is 1.92. The third-order valence-electron chi connectivity index (χ3n) is 3.62. The smallest absolute Gasteiger partial charge is 0.123 e. The third kappa shape index (κ3) is 4.96. The Morgan fingerprint density at radius 1 is 1.40 bits per heavy atom. The first-order chi connectivity index (χ1) is 9.67. The van der Waals surface area contributed by atoms with Crippen LogP contribution in [-0.2, 0) is 0 Å². The molecule has 1 fully saturated rings. The minimum atomic E-state index is -0.548. The first-order valence-electron chi connectivity index (χ1n) is 7.00. The Hall–Kier alpha value is -0.780. The minimum Gasteiger partial charge on any atom is -0.491 e. The summed E-state index contributed by atoms with van der Waals surface area (Å²) in [5.41, 5.74) is 0. The molecule has 3 atom stereocenters. The predicted molar refractivity (Wildman–Crippen MR) is 80.8 cm³/mol. The molecular weight excluding hydrogens is 277 g/mol. The van der Waals surface area contributed by atoms with Gasteiger partial charge in [-0.3, -0.25) is 0 Å². The maximum atomic E-state index is 12.7. The lowest BCUT2D eigenvalue weighted by molar-refractivity contribution is 0.104. The number of hydrogen-bond donors (Lipinski definition) is 2. The van der Waals surface area contributed by atoms with Crippen molar-refractivity contribution in [3.63, 3.8) is 0 Å². The molecular formula is C15H22FNO2S. The van der Waals surface area contributed by atoms with E-state index >= 15 is 0 Å². The fraction of sp³-hybridized carbons (Fsp3) is 0.600. The largest absolute Gasteiger partial charge is 0.491 e. The number of rotatable bonds is 7. The number of thioether (sulfide) groups is 1. The lowest BCUT2D eigenvalue weighted by atomic mass is 10.2. The standard InChI is InChI=1S/C15H22FNO2S/c1-20-15-7-4-12(8-15)17-9-13(18)10-19-14-5-2-11(16)3-6-14/h2-3,5-6,12-13,15,17-18H,4,7-10H2,1H3. The second-order valence-corrected chi connectivity index (χ2v) is 6.33. The van der Waals surface area contributed by atoms with Crippen molar-refractivity contribution in [3.8, 4) is 5.75 Å². The zero-order valence-corrected chi connectivity index (χ0v) is 12.5. The first kappa shape index (κ1) is 15.6. The van der Waals surface area contributed by atoms with E-state index in [1.807, 2.05) is 11.8 Å². The molecule has 0 radical (unpaired) electrons. The van der Waals surface area contributed by atoms with E-state index in [0.29, 0.717) is 18.3 Å². The molecule has 1 aliphatic rings. The van der Waals surface area contributed by atoms with E-state index in [9.17, 15) is 9.50 Å². The van der Waals surface area contributed by atoms with E-state index in [2.05, 4.69) is 11.6 Å². The van der Waals surface area contributed by atoms with Crippen molar-refractivity contribution in [1.82, 2.24) is 5.32 Å². The molecule has 1 aromatic rings. The van der Waals surface area contributed by atoms with E-state index in [0.717, 1.165) is 5.25 Å². The zero-order chi connectivity index (χ0) is 14.4. The number of hydrogen-bond acceptors (Lipinski definition) is 4. The molecule has 112 valence electrons. The van der Waals surface area contributed by atoms with Crippen molar-refractivity contribution in [1.29, 1.82) is 0 Å². The van der Waals surface area contributed by atoms with Gasteiger partial charge < -0.3 is 15.2 Å². The summed E-state index contributed by atoms with van der Waals surface area (Å²) in [4.78, 5) is 0. The molecule has 0 aliphatic heterocycles. The van der Waals surface area contributed by atoms with Gasteiger partial charge in [-0.15, -0.1) is 0 Å². The van der Waals surface area contributed by atoms with Gasteiger partial charge in [-0.2, -0.15) is 11.8 Å². The highest BCUT2D eigenvalue weighted by Gasteiger charge is 2.23. The molecule has 0 aromatic heterocycles. The van der Waals surface area contributed by atoms with E-state index < -0.39 is 6.10 Å². The number of nitrogens with one attached hydrogen (secondary N) is 1. The minimum absolute atomic E-state index is 0.220. The maximum absolute atomic E-state index is 12.7. The second kappa shape index (κ2) is 7.86. The Kier molecular flexibility index (Phi) is 6.13. The highest BCUT2D eigenvalue weighted by molar-refractivity contribution is 7.99. The number of aliphatic hydroxyl groups is 1. The van der Waals surface area contributed by atoms with Gasteiger partial charge in [-0.05, 0) is 49.8 Å². The summed E-state index contributed by atoms with van der Waals surface area (Å²) in [6.45, 7) is 0.754. The van der Waals surface area contributed by atoms with Gasteiger partial charge >= 0.3 is 0 Å². The molecule has 3 unspecified atom stereocenters. The summed E-state index contributed by atoms with van der Waals surface area (Å²) in [6.07, 6.45) is 5.21. The topological polar surface area (TPSA) is 41.5 Å². The van der Waals surface area contributed by atoms with Gasteiger partial charge in [0.1, 0.15) is 24.3 Å². The Morgan fingerprint density at radius 2 is 2.15 bits per heavy atom. The Balaban J connectivity index is 1.63. The van der Waals surface area contributed by atoms with Gasteiger partial charge in [0.2, 0.25) is 0 Å². The Morgan fingerprint density at radius 3 is 2.80 bits per heavy atom. The van der Waals surface area contributed by atoms with Crippen molar-refractivity contribution < 1.29 is 14.2 Å². The van der Waals surface area contributed by atoms with Gasteiger partial charge in [0.15, 0.2) is 0 Å². The molecule has 3 nitrogen and oxygen atoms in total. The van der Waals surface area contributed by atoms with Crippen LogP contribution in [0.5, 0.6) is 5.75 Å². The monoisotopic (exact) mass is 299 g/mol. The zero-order valence-electron chi connectivity index (χ0n) is 11.7. The summed E-state index contributed by atoms with van der Waals surface area (Å²) < 4.78 is 18.1. The van der Waals surface area contributed by atoms with Gasteiger partial charge in [0.05, 0.1) is 0 Å². The van der Waals surface area contributed by atoms with Gasteiger partial charge in [0, 0.05) is 17.8 Å². The molecule has 0 heterocycles. The number of aliphatic hydroxyl groups excluding tert-OH is 1. The average Bonchev–Trinajstić information content (AvgIpc) is 2.92. The van der Waals surface area contributed by atoms with Crippen LogP contribution in [0.3, 0.4) is 0 Å². The van der Waals surface area contributed by atoms with Crippen LogP contribution >= 0.6 is 11.8 Å². The highest BCUT2D eigenvalue weighted by Crippen LogP contribution is 2.27. The number of ether oxygens (including phenoxy) is 1. The molecule has 1 aliphatic carbocycles. The van der Waals surface area contributed by atoms with E-state index in [1.165, 1.54) is 31.4 Å². The van der Waals surface area contributed by atoms with Crippen LogP contribution in [0.2, 0.25) is 0 Å². The van der Waals surface area contributed by atoms with Crippen molar-refractivity contribution in [2.24, 2.45) is 0 Å². The molecule has 1 saturated carbocycles. The summed E-state index contributed by atoms with van der Waals surface area (Å²) in [5.74, 6) is 0.290. The third-order valence-corrected chi connectivity index (χ3v) is 4.71. The molecule has 2 N–H and O–H groups in total. The van der Waals surface area contributed by atoms with E-state index in [-0.39, 0.29) is 12.4 Å². The van der Waals surface area contributed by atoms with E-state index in [4.69, 9.17) is 4.74 Å². The fourth-order valence-electron chi connectivity index (χ4n) is 2.42. The SMILES string of the molecule is CSC1CCC(NCC(O)COc2ccc(F)cc2)C1. The number of halogens is 1. The number of benzene rings is 1. The molecule has 0 bridgehead atoms. The Bertz CT molecular complexity index is 401. The lowest BCUT2D eigenvalue weighted by Gasteiger charge is -2.17. The van der Waals surface area contributed by atoms with Crippen LogP contribution in [0.15, 0.2) is 24.3 Å². The van der Waals surface area contributed by atoms with Crippen LogP contribution in [0.25, 0.3) is 0 Å². The normalized spacial score (nSPS) is 23.8. The van der Waals surface area contributed by atoms with Crippen LogP contribution in [0, 0.1) is 5.82 Å². The quantitative estimate of drug-likeness (QED) is 0.811. The van der Waals surface area contributed by atoms with E-state index in [1.54, 1.807) is 12.1 Å². The average molecular weight is 299 g/mol. The summed E-state index contributed by atoms with van der Waals surface area (Å²) in [5, 5.41) is 14.0. The van der Waals surface area contributed by atoms with Crippen molar-refractivity contribution in [2.45, 2.75) is 36.7 Å². The van der Waals surface area contributed by atoms with Crippen LogP contribution in [0.1, 0.15) is 19.3 Å². The fourth-order valence-corrected chi connectivity index (χ4v) is 3.22. The van der Waals surface area contributed by atoms with Crippen molar-refractivity contribution in [2.75, 3.05) is 19.4 Å². The van der Waals surface area contributed by atoms with Crippen LogP contribution in [-0.4, -0.2) is 41.9 Å². The van der Waals surface area contributed by atoms with Crippen molar-refractivity contribution in [3.05, 3.63) is 30.1 Å². The van der Waals surface area contributed by atoms with Crippen LogP contribution < -0.4 is 10.1 Å². The molecule has 5 heteroatoms. The molecule has 20 heavy (non-hydrogen) atoms. The summed E-state index contributed by atoms with van der Waals surface area (Å²) in [6, 6.07) is 6.33.